The summed E-state index contributed by atoms with van der Waals surface area (Å²) in [7, 11) is -4.37. The third-order valence-corrected chi connectivity index (χ3v) is 8.81. The fraction of sp³-hybridized carbons (Fsp3) is 1.00. The van der Waals surface area contributed by atoms with Crippen molar-refractivity contribution in [3.8, 4) is 0 Å². The Morgan fingerprint density at radius 3 is 1.33 bits per heavy atom. The van der Waals surface area contributed by atoms with Crippen molar-refractivity contribution in [1.29, 1.82) is 0 Å². The first kappa shape index (κ1) is 43.0. The van der Waals surface area contributed by atoms with Gasteiger partial charge in [-0.05, 0) is 12.8 Å². The minimum Gasteiger partial charge on any atom is -0.394 e. The van der Waals surface area contributed by atoms with Gasteiger partial charge in [-0.25, -0.2) is 4.57 Å². The van der Waals surface area contributed by atoms with Crippen molar-refractivity contribution in [2.24, 2.45) is 0 Å². The topological polar surface area (TPSA) is 115 Å². The molecule has 0 aliphatic heterocycles. The molecule has 0 aromatic carbocycles. The van der Waals surface area contributed by atoms with Crippen LogP contribution < -0.4 is 0 Å². The fourth-order valence-corrected chi connectivity index (χ4v) is 5.83. The highest BCUT2D eigenvalue weighted by Crippen LogP contribution is 2.43. The standard InChI is InChI=1S/C34H71O8P/c1-3-5-7-9-11-13-15-17-19-21-23-25-27-39-31-34(32-42-43(37,38)41-30-33(36)29-35)40-28-26-24-22-20-18-16-14-12-10-8-6-4-2/h33-36H,3-32H2,1-2H3,(H,37,38)/t33-,34+/m0/s1. The van der Waals surface area contributed by atoms with E-state index in [0.29, 0.717) is 13.2 Å². The number of aliphatic hydroxyl groups is 2. The number of rotatable bonds is 36. The predicted molar refractivity (Wildman–Crippen MR) is 178 cm³/mol. The molecule has 0 amide bonds. The quantitative estimate of drug-likeness (QED) is 0.0460. The van der Waals surface area contributed by atoms with Crippen molar-refractivity contribution in [2.45, 2.75) is 180 Å². The summed E-state index contributed by atoms with van der Waals surface area (Å²) in [5.74, 6) is 0. The van der Waals surface area contributed by atoms with Gasteiger partial charge in [-0.15, -0.1) is 0 Å². The number of unbranched alkanes of at least 4 members (excludes halogenated alkanes) is 22. The smallest absolute Gasteiger partial charge is 0.394 e. The van der Waals surface area contributed by atoms with E-state index in [9.17, 15) is 14.6 Å². The van der Waals surface area contributed by atoms with Gasteiger partial charge in [-0.1, -0.05) is 155 Å². The van der Waals surface area contributed by atoms with E-state index >= 15 is 0 Å². The summed E-state index contributed by atoms with van der Waals surface area (Å²) in [6.45, 7) is 4.80. The monoisotopic (exact) mass is 638 g/mol. The van der Waals surface area contributed by atoms with Crippen LogP contribution in [-0.4, -0.2) is 67.0 Å². The average Bonchev–Trinajstić information content (AvgIpc) is 3.00. The second kappa shape index (κ2) is 33.3. The number of aliphatic hydroxyl groups excluding tert-OH is 2. The molecule has 0 bridgehead atoms. The molecular formula is C34H71O8P. The van der Waals surface area contributed by atoms with Crippen molar-refractivity contribution in [2.75, 3.05) is 39.6 Å². The lowest BCUT2D eigenvalue weighted by molar-refractivity contribution is -0.0462. The fourth-order valence-electron chi connectivity index (χ4n) is 5.04. The molecule has 0 fully saturated rings. The molecular weight excluding hydrogens is 567 g/mol. The van der Waals surface area contributed by atoms with Crippen molar-refractivity contribution in [3.63, 3.8) is 0 Å². The molecule has 0 heterocycles. The molecule has 0 rings (SSSR count). The normalized spacial score (nSPS) is 14.6. The molecule has 0 aromatic heterocycles. The average molecular weight is 639 g/mol. The van der Waals surface area contributed by atoms with Crippen molar-refractivity contribution >= 4 is 7.82 Å². The van der Waals surface area contributed by atoms with Gasteiger partial charge in [-0.2, -0.15) is 0 Å². The van der Waals surface area contributed by atoms with Gasteiger partial charge in [0.25, 0.3) is 0 Å². The van der Waals surface area contributed by atoms with Crippen molar-refractivity contribution in [1.82, 2.24) is 0 Å². The van der Waals surface area contributed by atoms with Crippen molar-refractivity contribution in [3.05, 3.63) is 0 Å². The second-order valence-corrected chi connectivity index (χ2v) is 13.7. The molecule has 9 heteroatoms. The number of ether oxygens (including phenoxy) is 2. The SMILES string of the molecule is CCCCCCCCCCCCCCOC[C@H](COP(=O)(O)OC[C@@H](O)CO)OCCCCCCCCCCCCCC. The Morgan fingerprint density at radius 2 is 0.907 bits per heavy atom. The lowest BCUT2D eigenvalue weighted by Gasteiger charge is -2.20. The van der Waals surface area contributed by atoms with Gasteiger partial charge >= 0.3 is 7.82 Å². The molecule has 43 heavy (non-hydrogen) atoms. The van der Waals surface area contributed by atoms with Gasteiger partial charge in [0.2, 0.25) is 0 Å². The highest BCUT2D eigenvalue weighted by Gasteiger charge is 2.25. The van der Waals surface area contributed by atoms with Crippen LogP contribution in [0.25, 0.3) is 0 Å². The zero-order valence-electron chi connectivity index (χ0n) is 28.2. The summed E-state index contributed by atoms with van der Waals surface area (Å²) < 4.78 is 33.8. The number of phosphoric ester groups is 1. The summed E-state index contributed by atoms with van der Waals surface area (Å²) in [4.78, 5) is 9.91. The summed E-state index contributed by atoms with van der Waals surface area (Å²) in [6, 6.07) is 0. The van der Waals surface area contributed by atoms with Gasteiger partial charge in [0, 0.05) is 13.2 Å². The molecule has 3 N–H and O–H groups in total. The van der Waals surface area contributed by atoms with Crippen LogP contribution in [0.4, 0.5) is 0 Å². The van der Waals surface area contributed by atoms with E-state index in [-0.39, 0.29) is 13.2 Å². The molecule has 1 unspecified atom stereocenters. The Balaban J connectivity index is 4.08. The predicted octanol–water partition coefficient (Wildman–Crippen LogP) is 9.28. The number of phosphoric acid groups is 1. The number of hydrogen-bond donors (Lipinski definition) is 3. The Hall–Kier alpha value is -0.0500. The molecule has 0 spiro atoms. The van der Waals surface area contributed by atoms with Gasteiger partial charge in [0.05, 0.1) is 26.4 Å². The maximum absolute atomic E-state index is 12.2. The van der Waals surface area contributed by atoms with E-state index in [1.807, 2.05) is 0 Å². The highest BCUT2D eigenvalue weighted by molar-refractivity contribution is 7.47. The van der Waals surface area contributed by atoms with E-state index in [2.05, 4.69) is 13.8 Å². The van der Waals surface area contributed by atoms with E-state index < -0.39 is 33.2 Å². The minimum atomic E-state index is -4.37. The molecule has 8 nitrogen and oxygen atoms in total. The Morgan fingerprint density at radius 1 is 0.535 bits per heavy atom. The molecule has 260 valence electrons. The first-order chi connectivity index (χ1) is 20.9. The molecule has 0 aliphatic rings. The van der Waals surface area contributed by atoms with Gasteiger partial charge in [-0.3, -0.25) is 9.05 Å². The lowest BCUT2D eigenvalue weighted by atomic mass is 10.1. The lowest BCUT2D eigenvalue weighted by Crippen LogP contribution is -2.27. The summed E-state index contributed by atoms with van der Waals surface area (Å²) in [5.41, 5.74) is 0. The molecule has 0 aromatic rings. The van der Waals surface area contributed by atoms with E-state index in [4.69, 9.17) is 23.6 Å². The Bertz CT molecular complexity index is 595. The maximum atomic E-state index is 12.2. The highest BCUT2D eigenvalue weighted by atomic mass is 31.2. The van der Waals surface area contributed by atoms with Crippen LogP contribution in [0.5, 0.6) is 0 Å². The van der Waals surface area contributed by atoms with Gasteiger partial charge < -0.3 is 24.6 Å². The van der Waals surface area contributed by atoms with E-state index in [0.717, 1.165) is 25.7 Å². The van der Waals surface area contributed by atoms with E-state index in [1.165, 1.54) is 128 Å². The van der Waals surface area contributed by atoms with Gasteiger partial charge in [0.15, 0.2) is 0 Å². The maximum Gasteiger partial charge on any atom is 0.472 e. The summed E-state index contributed by atoms with van der Waals surface area (Å²) in [6.07, 6.45) is 29.0. The zero-order valence-corrected chi connectivity index (χ0v) is 29.1. The Kier molecular flexibility index (Phi) is 33.3. The largest absolute Gasteiger partial charge is 0.472 e. The molecule has 0 aliphatic carbocycles. The van der Waals surface area contributed by atoms with Crippen LogP contribution in [0.3, 0.4) is 0 Å². The second-order valence-electron chi connectivity index (χ2n) is 12.2. The molecule has 0 saturated heterocycles. The summed E-state index contributed by atoms with van der Waals surface area (Å²) >= 11 is 0. The Labute approximate surface area is 265 Å². The third kappa shape index (κ3) is 33.1. The van der Waals surface area contributed by atoms with Crippen molar-refractivity contribution < 1.29 is 38.2 Å². The minimum absolute atomic E-state index is 0.139. The summed E-state index contributed by atoms with van der Waals surface area (Å²) in [5, 5.41) is 18.2. The van der Waals surface area contributed by atoms with Gasteiger partial charge in [0.1, 0.15) is 12.2 Å². The van der Waals surface area contributed by atoms with Crippen LogP contribution in [0.2, 0.25) is 0 Å². The van der Waals surface area contributed by atoms with Crippen LogP contribution >= 0.6 is 7.82 Å². The van der Waals surface area contributed by atoms with Crippen LogP contribution in [0, 0.1) is 0 Å². The third-order valence-electron chi connectivity index (χ3n) is 7.86. The van der Waals surface area contributed by atoms with Crippen LogP contribution in [0.1, 0.15) is 168 Å². The van der Waals surface area contributed by atoms with Crippen LogP contribution in [0.15, 0.2) is 0 Å². The van der Waals surface area contributed by atoms with E-state index in [1.54, 1.807) is 0 Å². The molecule has 3 atom stereocenters. The first-order valence-corrected chi connectivity index (χ1v) is 19.5. The zero-order chi connectivity index (χ0) is 31.7. The van der Waals surface area contributed by atoms with Crippen LogP contribution in [-0.2, 0) is 23.1 Å². The number of hydrogen-bond acceptors (Lipinski definition) is 7. The first-order valence-electron chi connectivity index (χ1n) is 18.0. The molecule has 0 radical (unpaired) electrons. The molecule has 0 saturated carbocycles.